The molecule has 0 radical (unpaired) electrons. The van der Waals surface area contributed by atoms with E-state index in [0.717, 1.165) is 23.2 Å². The van der Waals surface area contributed by atoms with E-state index in [1.165, 1.54) is 18.5 Å². The highest BCUT2D eigenvalue weighted by Crippen LogP contribution is 2.23. The predicted molar refractivity (Wildman–Crippen MR) is 94.1 cm³/mol. The number of anilines is 1. The first-order valence-corrected chi connectivity index (χ1v) is 7.96. The monoisotopic (exact) mass is 366 g/mol. The molecule has 1 N–H and O–H groups in total. The Morgan fingerprint density at radius 3 is 2.56 bits per heavy atom. The number of oxazole rings is 1. The van der Waals surface area contributed by atoms with Gasteiger partial charge in [-0.25, -0.2) is 18.7 Å². The number of benzene rings is 2. The molecule has 0 unspecified atom stereocenters. The first-order valence-electron chi connectivity index (χ1n) is 7.96. The highest BCUT2D eigenvalue weighted by molar-refractivity contribution is 6.04. The van der Waals surface area contributed by atoms with Gasteiger partial charge in [-0.15, -0.1) is 0 Å². The van der Waals surface area contributed by atoms with Crippen LogP contribution in [0, 0.1) is 18.6 Å². The Kier molecular flexibility index (Phi) is 4.08. The Labute approximate surface area is 151 Å². The summed E-state index contributed by atoms with van der Waals surface area (Å²) >= 11 is 0. The maximum atomic E-state index is 13.7. The third-order valence-electron chi connectivity index (χ3n) is 3.87. The Morgan fingerprint density at radius 1 is 1.07 bits per heavy atom. The summed E-state index contributed by atoms with van der Waals surface area (Å²) in [5.41, 5.74) is 1.99. The zero-order valence-electron chi connectivity index (χ0n) is 14.0. The van der Waals surface area contributed by atoms with Gasteiger partial charge in [0.2, 0.25) is 0 Å². The average molecular weight is 366 g/mol. The molecule has 0 atom stereocenters. The second-order valence-corrected chi connectivity index (χ2v) is 5.75. The van der Waals surface area contributed by atoms with E-state index in [4.69, 9.17) is 4.42 Å². The van der Waals surface area contributed by atoms with E-state index >= 15 is 0 Å². The van der Waals surface area contributed by atoms with Crippen LogP contribution in [-0.2, 0) is 0 Å². The number of nitrogens with one attached hydrogen (secondary N) is 1. The number of carbonyl (C=O) groups is 1. The topological polar surface area (TPSA) is 80.9 Å². The number of hydrogen-bond acceptors (Lipinski definition) is 5. The summed E-state index contributed by atoms with van der Waals surface area (Å²) in [5, 5.41) is 2.33. The first-order chi connectivity index (χ1) is 13.0. The molecule has 0 bridgehead atoms. The molecule has 4 rings (SSSR count). The molecular formula is C19H12F2N4O2. The lowest BCUT2D eigenvalue weighted by Gasteiger charge is -2.07. The molecule has 2 aromatic heterocycles. The van der Waals surface area contributed by atoms with Crippen molar-refractivity contribution in [2.24, 2.45) is 0 Å². The number of aryl methyl sites for hydroxylation is 1. The van der Waals surface area contributed by atoms with Crippen molar-refractivity contribution in [3.05, 3.63) is 71.9 Å². The number of halogens is 2. The van der Waals surface area contributed by atoms with Crippen molar-refractivity contribution in [2.45, 2.75) is 6.92 Å². The van der Waals surface area contributed by atoms with Gasteiger partial charge >= 0.3 is 0 Å². The molecule has 0 fully saturated rings. The summed E-state index contributed by atoms with van der Waals surface area (Å²) in [5.74, 6) is -2.21. The predicted octanol–water partition coefficient (Wildman–Crippen LogP) is 4.12. The van der Waals surface area contributed by atoms with Crippen molar-refractivity contribution in [3.63, 3.8) is 0 Å². The Hall–Kier alpha value is -3.68. The minimum absolute atomic E-state index is 0.0722. The van der Waals surface area contributed by atoms with E-state index < -0.39 is 23.1 Å². The SMILES string of the molecule is Cc1nc2ccc(-c3cnc(NC(=O)c4c(F)cccc4F)cn3)cc2o1. The molecule has 0 spiro atoms. The summed E-state index contributed by atoms with van der Waals surface area (Å²) in [6.45, 7) is 1.76. The van der Waals surface area contributed by atoms with Gasteiger partial charge in [-0.1, -0.05) is 12.1 Å². The van der Waals surface area contributed by atoms with Crippen LogP contribution in [0.1, 0.15) is 16.2 Å². The van der Waals surface area contributed by atoms with Gasteiger partial charge in [-0.2, -0.15) is 0 Å². The van der Waals surface area contributed by atoms with Crippen LogP contribution in [0.15, 0.2) is 53.2 Å². The molecule has 0 saturated heterocycles. The molecule has 0 aliphatic carbocycles. The van der Waals surface area contributed by atoms with Crippen LogP contribution in [0.5, 0.6) is 0 Å². The maximum absolute atomic E-state index is 13.7. The normalized spacial score (nSPS) is 10.9. The lowest BCUT2D eigenvalue weighted by molar-refractivity contribution is 0.101. The van der Waals surface area contributed by atoms with Crippen LogP contribution in [0.2, 0.25) is 0 Å². The van der Waals surface area contributed by atoms with Crippen molar-refractivity contribution in [1.29, 1.82) is 0 Å². The fourth-order valence-electron chi connectivity index (χ4n) is 2.63. The van der Waals surface area contributed by atoms with Crippen LogP contribution in [0.25, 0.3) is 22.4 Å². The van der Waals surface area contributed by atoms with Crippen molar-refractivity contribution in [2.75, 3.05) is 5.32 Å². The van der Waals surface area contributed by atoms with E-state index in [2.05, 4.69) is 20.3 Å². The third kappa shape index (κ3) is 3.24. The smallest absolute Gasteiger partial charge is 0.262 e. The molecule has 8 heteroatoms. The molecule has 1 amide bonds. The third-order valence-corrected chi connectivity index (χ3v) is 3.87. The van der Waals surface area contributed by atoms with Crippen molar-refractivity contribution >= 4 is 22.8 Å². The largest absolute Gasteiger partial charge is 0.441 e. The molecule has 2 heterocycles. The second-order valence-electron chi connectivity index (χ2n) is 5.75. The van der Waals surface area contributed by atoms with Crippen LogP contribution in [0.4, 0.5) is 14.6 Å². The van der Waals surface area contributed by atoms with Crippen LogP contribution < -0.4 is 5.32 Å². The lowest BCUT2D eigenvalue weighted by atomic mass is 10.1. The summed E-state index contributed by atoms with van der Waals surface area (Å²) in [4.78, 5) is 24.6. The summed E-state index contributed by atoms with van der Waals surface area (Å²) in [6, 6.07) is 8.61. The quantitative estimate of drug-likeness (QED) is 0.590. The van der Waals surface area contributed by atoms with Gasteiger partial charge in [0.25, 0.3) is 5.91 Å². The number of rotatable bonds is 3. The molecule has 0 aliphatic rings. The number of fused-ring (bicyclic) bond motifs is 1. The summed E-state index contributed by atoms with van der Waals surface area (Å²) in [7, 11) is 0. The number of hydrogen-bond donors (Lipinski definition) is 1. The fraction of sp³-hybridized carbons (Fsp3) is 0.0526. The summed E-state index contributed by atoms with van der Waals surface area (Å²) in [6.07, 6.45) is 2.75. The van der Waals surface area contributed by atoms with Gasteiger partial charge in [0, 0.05) is 12.5 Å². The summed E-state index contributed by atoms with van der Waals surface area (Å²) < 4.78 is 32.8. The Balaban J connectivity index is 1.57. The van der Waals surface area contributed by atoms with Crippen molar-refractivity contribution in [3.8, 4) is 11.3 Å². The van der Waals surface area contributed by atoms with E-state index in [1.54, 1.807) is 19.1 Å². The van der Waals surface area contributed by atoms with Gasteiger partial charge in [0.15, 0.2) is 17.3 Å². The minimum atomic E-state index is -0.951. The van der Waals surface area contributed by atoms with E-state index in [1.807, 2.05) is 6.07 Å². The maximum Gasteiger partial charge on any atom is 0.262 e. The van der Waals surface area contributed by atoms with Gasteiger partial charge in [0.1, 0.15) is 22.7 Å². The Bertz CT molecular complexity index is 1140. The van der Waals surface area contributed by atoms with E-state index in [9.17, 15) is 13.6 Å². The second kappa shape index (κ2) is 6.56. The van der Waals surface area contributed by atoms with Gasteiger partial charge in [0.05, 0.1) is 18.1 Å². The minimum Gasteiger partial charge on any atom is -0.441 e. The van der Waals surface area contributed by atoms with Gasteiger partial charge in [-0.3, -0.25) is 9.78 Å². The number of aromatic nitrogens is 3. The molecule has 0 saturated carbocycles. The molecule has 4 aromatic rings. The molecule has 134 valence electrons. The van der Waals surface area contributed by atoms with Crippen molar-refractivity contribution < 1.29 is 18.0 Å². The number of nitrogens with zero attached hydrogens (tertiary/aromatic N) is 3. The molecular weight excluding hydrogens is 354 g/mol. The van der Waals surface area contributed by atoms with Gasteiger partial charge < -0.3 is 9.73 Å². The highest BCUT2D eigenvalue weighted by atomic mass is 19.1. The molecule has 0 aliphatic heterocycles. The van der Waals surface area contributed by atoms with Gasteiger partial charge in [-0.05, 0) is 24.3 Å². The molecule has 6 nitrogen and oxygen atoms in total. The number of carbonyl (C=O) groups excluding carboxylic acids is 1. The van der Waals surface area contributed by atoms with Crippen molar-refractivity contribution in [1.82, 2.24) is 15.0 Å². The average Bonchev–Trinajstić information content (AvgIpc) is 3.01. The fourth-order valence-corrected chi connectivity index (χ4v) is 2.63. The molecule has 2 aromatic carbocycles. The molecule has 27 heavy (non-hydrogen) atoms. The van der Waals surface area contributed by atoms with E-state index in [0.29, 0.717) is 17.2 Å². The zero-order valence-corrected chi connectivity index (χ0v) is 14.0. The zero-order chi connectivity index (χ0) is 19.0. The Morgan fingerprint density at radius 2 is 1.85 bits per heavy atom. The van der Waals surface area contributed by atoms with E-state index in [-0.39, 0.29) is 5.82 Å². The standard InChI is InChI=1S/C19H12F2N4O2/c1-10-24-14-6-5-11(7-16(14)27-10)15-8-23-17(9-22-15)25-19(26)18-12(20)3-2-4-13(18)21/h2-9H,1H3,(H,23,25,26). The lowest BCUT2D eigenvalue weighted by Crippen LogP contribution is -2.16. The van der Waals surface area contributed by atoms with Crippen LogP contribution in [-0.4, -0.2) is 20.9 Å². The first kappa shape index (κ1) is 16.8. The van der Waals surface area contributed by atoms with Crippen LogP contribution in [0.3, 0.4) is 0 Å². The van der Waals surface area contributed by atoms with Crippen LogP contribution >= 0.6 is 0 Å². The highest BCUT2D eigenvalue weighted by Gasteiger charge is 2.17. The number of amides is 1.